The maximum Gasteiger partial charge on any atom is 0.272 e. The maximum absolute atomic E-state index is 12.6. The fourth-order valence-corrected chi connectivity index (χ4v) is 3.63. The van der Waals surface area contributed by atoms with Gasteiger partial charge in [-0.3, -0.25) is 14.6 Å². The standard InChI is InChI=1S/C18H21N3O2S/c1-3-14-6-7-19-15(12-14)17(22)20-8-10-21(11-9-20)18(23)16-5-4-13(2)24-16/h4-7,12H,3,8-11H2,1-2H3. The quantitative estimate of drug-likeness (QED) is 0.861. The van der Waals surface area contributed by atoms with E-state index in [1.807, 2.05) is 36.1 Å². The predicted octanol–water partition coefficient (Wildman–Crippen LogP) is 2.61. The Kier molecular flexibility index (Phi) is 4.94. The van der Waals surface area contributed by atoms with E-state index < -0.39 is 0 Å². The summed E-state index contributed by atoms with van der Waals surface area (Å²) in [6, 6.07) is 7.62. The van der Waals surface area contributed by atoms with Gasteiger partial charge in [0.2, 0.25) is 0 Å². The minimum absolute atomic E-state index is 0.0515. The van der Waals surface area contributed by atoms with E-state index in [-0.39, 0.29) is 11.8 Å². The predicted molar refractivity (Wildman–Crippen MR) is 94.5 cm³/mol. The molecule has 0 aromatic carbocycles. The summed E-state index contributed by atoms with van der Waals surface area (Å²) in [5.41, 5.74) is 1.60. The highest BCUT2D eigenvalue weighted by Gasteiger charge is 2.26. The van der Waals surface area contributed by atoms with Crippen molar-refractivity contribution in [3.8, 4) is 0 Å². The second kappa shape index (κ2) is 7.13. The summed E-state index contributed by atoms with van der Waals surface area (Å²) >= 11 is 1.52. The van der Waals surface area contributed by atoms with Crippen LogP contribution in [-0.4, -0.2) is 52.8 Å². The second-order valence-corrected chi connectivity index (χ2v) is 7.19. The Morgan fingerprint density at radius 2 is 1.75 bits per heavy atom. The van der Waals surface area contributed by atoms with Crippen LogP contribution in [0.2, 0.25) is 0 Å². The Hall–Kier alpha value is -2.21. The highest BCUT2D eigenvalue weighted by molar-refractivity contribution is 7.13. The third kappa shape index (κ3) is 3.48. The summed E-state index contributed by atoms with van der Waals surface area (Å²) in [5.74, 6) is 0.00988. The van der Waals surface area contributed by atoms with E-state index in [0.717, 1.165) is 21.7 Å². The summed E-state index contributed by atoms with van der Waals surface area (Å²) in [6.45, 7) is 6.28. The van der Waals surface area contributed by atoms with Crippen molar-refractivity contribution in [1.82, 2.24) is 14.8 Å². The summed E-state index contributed by atoms with van der Waals surface area (Å²) in [5, 5.41) is 0. The molecule has 1 saturated heterocycles. The maximum atomic E-state index is 12.6. The zero-order valence-corrected chi connectivity index (χ0v) is 14.8. The Bertz CT molecular complexity index is 748. The van der Waals surface area contributed by atoms with Crippen LogP contribution in [-0.2, 0) is 6.42 Å². The summed E-state index contributed by atoms with van der Waals surface area (Å²) < 4.78 is 0. The number of carbonyl (C=O) groups excluding carboxylic acids is 2. The van der Waals surface area contributed by atoms with Crippen molar-refractivity contribution >= 4 is 23.2 Å². The molecule has 126 valence electrons. The number of hydrogen-bond donors (Lipinski definition) is 0. The van der Waals surface area contributed by atoms with E-state index >= 15 is 0 Å². The summed E-state index contributed by atoms with van der Waals surface area (Å²) in [6.07, 6.45) is 2.57. The molecule has 5 nitrogen and oxygen atoms in total. The number of pyridine rings is 1. The monoisotopic (exact) mass is 343 g/mol. The van der Waals surface area contributed by atoms with Gasteiger partial charge >= 0.3 is 0 Å². The van der Waals surface area contributed by atoms with Crippen molar-refractivity contribution in [1.29, 1.82) is 0 Å². The Labute approximate surface area is 145 Å². The molecular formula is C18H21N3O2S. The molecule has 0 aliphatic carbocycles. The molecule has 3 heterocycles. The van der Waals surface area contributed by atoms with E-state index in [0.29, 0.717) is 31.9 Å². The number of thiophene rings is 1. The molecule has 0 atom stereocenters. The lowest BCUT2D eigenvalue weighted by atomic mass is 10.1. The third-order valence-electron chi connectivity index (χ3n) is 4.26. The first-order valence-electron chi connectivity index (χ1n) is 8.18. The second-order valence-electron chi connectivity index (χ2n) is 5.90. The first-order chi connectivity index (χ1) is 11.6. The van der Waals surface area contributed by atoms with Crippen LogP contribution in [0.5, 0.6) is 0 Å². The average Bonchev–Trinajstić information content (AvgIpc) is 3.07. The average molecular weight is 343 g/mol. The van der Waals surface area contributed by atoms with Crippen molar-refractivity contribution in [2.24, 2.45) is 0 Å². The Morgan fingerprint density at radius 1 is 1.08 bits per heavy atom. The molecular weight excluding hydrogens is 322 g/mol. The van der Waals surface area contributed by atoms with Gasteiger partial charge < -0.3 is 9.80 Å². The molecule has 6 heteroatoms. The fourth-order valence-electron chi connectivity index (χ4n) is 2.79. The Morgan fingerprint density at radius 3 is 2.33 bits per heavy atom. The summed E-state index contributed by atoms with van der Waals surface area (Å²) in [7, 11) is 0. The molecule has 3 rings (SSSR count). The molecule has 0 saturated carbocycles. The molecule has 2 aromatic heterocycles. The lowest BCUT2D eigenvalue weighted by Crippen LogP contribution is -2.50. The van der Waals surface area contributed by atoms with Crippen LogP contribution in [0.15, 0.2) is 30.5 Å². The molecule has 2 aromatic rings. The van der Waals surface area contributed by atoms with Gasteiger partial charge in [-0.1, -0.05) is 6.92 Å². The van der Waals surface area contributed by atoms with E-state index in [9.17, 15) is 9.59 Å². The minimum Gasteiger partial charge on any atom is -0.334 e. The summed E-state index contributed by atoms with van der Waals surface area (Å²) in [4.78, 5) is 34.7. The normalized spacial score (nSPS) is 14.8. The third-order valence-corrected chi connectivity index (χ3v) is 5.25. The van der Waals surface area contributed by atoms with Gasteiger partial charge in [0, 0.05) is 37.3 Å². The van der Waals surface area contributed by atoms with Crippen LogP contribution < -0.4 is 0 Å². The van der Waals surface area contributed by atoms with Gasteiger partial charge in [0.05, 0.1) is 4.88 Å². The Balaban J connectivity index is 1.62. The van der Waals surface area contributed by atoms with Crippen molar-refractivity contribution in [2.45, 2.75) is 20.3 Å². The van der Waals surface area contributed by atoms with E-state index in [1.165, 1.54) is 11.3 Å². The van der Waals surface area contributed by atoms with E-state index in [4.69, 9.17) is 0 Å². The van der Waals surface area contributed by atoms with Crippen LogP contribution in [0.1, 0.15) is 37.5 Å². The lowest BCUT2D eigenvalue weighted by molar-refractivity contribution is 0.0535. The smallest absolute Gasteiger partial charge is 0.272 e. The topological polar surface area (TPSA) is 53.5 Å². The van der Waals surface area contributed by atoms with Gasteiger partial charge in [0.1, 0.15) is 5.69 Å². The molecule has 0 unspecified atom stereocenters. The van der Waals surface area contributed by atoms with Crippen LogP contribution in [0.4, 0.5) is 0 Å². The number of rotatable bonds is 3. The molecule has 0 spiro atoms. The molecule has 1 aliphatic heterocycles. The van der Waals surface area contributed by atoms with Gasteiger partial charge in [-0.05, 0) is 43.2 Å². The molecule has 1 fully saturated rings. The number of nitrogens with zero attached hydrogens (tertiary/aromatic N) is 3. The molecule has 2 amide bonds. The zero-order chi connectivity index (χ0) is 17.1. The van der Waals surface area contributed by atoms with Gasteiger partial charge in [-0.15, -0.1) is 11.3 Å². The van der Waals surface area contributed by atoms with Crippen LogP contribution in [0, 0.1) is 6.92 Å². The number of carbonyl (C=O) groups is 2. The van der Waals surface area contributed by atoms with Crippen molar-refractivity contribution < 1.29 is 9.59 Å². The van der Waals surface area contributed by atoms with Crippen LogP contribution >= 0.6 is 11.3 Å². The SMILES string of the molecule is CCc1ccnc(C(=O)N2CCN(C(=O)c3ccc(C)s3)CC2)c1. The molecule has 0 N–H and O–H groups in total. The lowest BCUT2D eigenvalue weighted by Gasteiger charge is -2.34. The molecule has 24 heavy (non-hydrogen) atoms. The number of aryl methyl sites for hydroxylation is 2. The van der Waals surface area contributed by atoms with E-state index in [2.05, 4.69) is 11.9 Å². The zero-order valence-electron chi connectivity index (χ0n) is 14.0. The van der Waals surface area contributed by atoms with Crippen molar-refractivity contribution in [3.05, 3.63) is 51.5 Å². The van der Waals surface area contributed by atoms with Gasteiger partial charge in [0.15, 0.2) is 0 Å². The van der Waals surface area contributed by atoms with E-state index in [1.54, 1.807) is 11.1 Å². The van der Waals surface area contributed by atoms with Gasteiger partial charge in [-0.2, -0.15) is 0 Å². The minimum atomic E-state index is -0.0515. The highest BCUT2D eigenvalue weighted by atomic mass is 32.1. The van der Waals surface area contributed by atoms with Crippen LogP contribution in [0.3, 0.4) is 0 Å². The van der Waals surface area contributed by atoms with Crippen molar-refractivity contribution in [2.75, 3.05) is 26.2 Å². The fraction of sp³-hybridized carbons (Fsp3) is 0.389. The number of piperazine rings is 1. The molecule has 0 radical (unpaired) electrons. The number of hydrogen-bond acceptors (Lipinski definition) is 4. The molecule has 1 aliphatic rings. The van der Waals surface area contributed by atoms with Crippen molar-refractivity contribution in [3.63, 3.8) is 0 Å². The first-order valence-corrected chi connectivity index (χ1v) is 9.00. The molecule has 0 bridgehead atoms. The van der Waals surface area contributed by atoms with Crippen LogP contribution in [0.25, 0.3) is 0 Å². The highest BCUT2D eigenvalue weighted by Crippen LogP contribution is 2.18. The van der Waals surface area contributed by atoms with Gasteiger partial charge in [-0.25, -0.2) is 0 Å². The van der Waals surface area contributed by atoms with Gasteiger partial charge in [0.25, 0.3) is 11.8 Å². The first kappa shape index (κ1) is 16.6. The number of aromatic nitrogens is 1. The largest absolute Gasteiger partial charge is 0.334 e. The number of amides is 2.